The maximum absolute atomic E-state index is 11.6. The van der Waals surface area contributed by atoms with Crippen LogP contribution in [0.3, 0.4) is 0 Å². The first-order chi connectivity index (χ1) is 11.6. The number of methoxy groups -OCH3 is 2. The van der Waals surface area contributed by atoms with E-state index in [1.54, 1.807) is 25.3 Å². The Morgan fingerprint density at radius 3 is 2.67 bits per heavy atom. The number of benzene rings is 2. The van der Waals surface area contributed by atoms with Gasteiger partial charge in [0.05, 0.1) is 25.3 Å². The molecule has 0 saturated carbocycles. The molecule has 0 aliphatic carbocycles. The van der Waals surface area contributed by atoms with Gasteiger partial charge >= 0.3 is 5.97 Å². The molecular weight excluding hydrogens is 304 g/mol. The molecule has 0 saturated heterocycles. The van der Waals surface area contributed by atoms with Gasteiger partial charge in [0.15, 0.2) is 0 Å². The summed E-state index contributed by atoms with van der Waals surface area (Å²) in [5.41, 5.74) is 3.21. The zero-order chi connectivity index (χ0) is 17.1. The summed E-state index contributed by atoms with van der Waals surface area (Å²) >= 11 is 0. The molecule has 1 heterocycles. The quantitative estimate of drug-likeness (QED) is 0.733. The van der Waals surface area contributed by atoms with E-state index in [2.05, 4.69) is 10.3 Å². The van der Waals surface area contributed by atoms with Crippen molar-refractivity contribution in [3.63, 3.8) is 0 Å². The molecule has 1 aromatic heterocycles. The number of rotatable bonds is 4. The monoisotopic (exact) mass is 322 g/mol. The van der Waals surface area contributed by atoms with Crippen LogP contribution in [0, 0.1) is 6.92 Å². The van der Waals surface area contributed by atoms with Crippen molar-refractivity contribution >= 4 is 28.4 Å². The number of hydrogen-bond donors (Lipinski definition) is 1. The van der Waals surface area contributed by atoms with Crippen LogP contribution in [-0.4, -0.2) is 25.2 Å². The Morgan fingerprint density at radius 2 is 1.92 bits per heavy atom. The molecule has 122 valence electrons. The van der Waals surface area contributed by atoms with E-state index < -0.39 is 0 Å². The second kappa shape index (κ2) is 6.58. The van der Waals surface area contributed by atoms with Crippen LogP contribution in [0.25, 0.3) is 10.9 Å². The minimum atomic E-state index is -0.369. The number of esters is 1. The van der Waals surface area contributed by atoms with Crippen LogP contribution in [0.5, 0.6) is 5.75 Å². The first-order valence-corrected chi connectivity index (χ1v) is 7.51. The predicted molar refractivity (Wildman–Crippen MR) is 94.1 cm³/mol. The van der Waals surface area contributed by atoms with Gasteiger partial charge in [-0.2, -0.15) is 0 Å². The Balaban J connectivity index is 1.96. The number of aromatic nitrogens is 1. The van der Waals surface area contributed by atoms with Gasteiger partial charge in [-0.3, -0.25) is 0 Å². The summed E-state index contributed by atoms with van der Waals surface area (Å²) in [6, 6.07) is 14.9. The normalized spacial score (nSPS) is 10.5. The second-order valence-electron chi connectivity index (χ2n) is 5.40. The SMILES string of the molecule is COC(=O)c1cccc(Nc2cc(C)c3ccc(OC)cc3n2)c1. The van der Waals surface area contributed by atoms with Gasteiger partial charge in [-0.25, -0.2) is 9.78 Å². The molecule has 0 bridgehead atoms. The molecule has 0 unspecified atom stereocenters. The molecule has 24 heavy (non-hydrogen) atoms. The molecule has 5 heteroatoms. The zero-order valence-electron chi connectivity index (χ0n) is 13.8. The van der Waals surface area contributed by atoms with Crippen LogP contribution in [0.2, 0.25) is 0 Å². The first kappa shape index (κ1) is 15.8. The van der Waals surface area contributed by atoms with Crippen LogP contribution in [0.1, 0.15) is 15.9 Å². The molecule has 0 atom stereocenters. The Labute approximate surface area is 140 Å². The highest BCUT2D eigenvalue weighted by Crippen LogP contribution is 2.26. The number of fused-ring (bicyclic) bond motifs is 1. The zero-order valence-corrected chi connectivity index (χ0v) is 13.8. The molecule has 0 spiro atoms. The minimum Gasteiger partial charge on any atom is -0.497 e. The molecule has 2 aromatic carbocycles. The highest BCUT2D eigenvalue weighted by Gasteiger charge is 2.08. The standard InChI is InChI=1S/C19H18N2O3/c1-12-9-18(21-17-11-15(23-2)7-8-16(12)17)20-14-6-4-5-13(10-14)19(22)24-3/h4-11H,1-3H3,(H,20,21). The molecule has 0 amide bonds. The van der Waals surface area contributed by atoms with Gasteiger partial charge in [0.1, 0.15) is 11.6 Å². The fourth-order valence-corrected chi connectivity index (χ4v) is 2.56. The Kier molecular flexibility index (Phi) is 4.33. The van der Waals surface area contributed by atoms with Gasteiger partial charge in [-0.1, -0.05) is 6.07 Å². The summed E-state index contributed by atoms with van der Waals surface area (Å²) in [5.74, 6) is 1.10. The fraction of sp³-hybridized carbons (Fsp3) is 0.158. The maximum Gasteiger partial charge on any atom is 0.337 e. The van der Waals surface area contributed by atoms with Gasteiger partial charge in [0, 0.05) is 17.1 Å². The summed E-state index contributed by atoms with van der Waals surface area (Å²) in [6.07, 6.45) is 0. The lowest BCUT2D eigenvalue weighted by molar-refractivity contribution is 0.0601. The third-order valence-corrected chi connectivity index (χ3v) is 3.78. The average molecular weight is 322 g/mol. The van der Waals surface area contributed by atoms with Crippen molar-refractivity contribution in [2.75, 3.05) is 19.5 Å². The summed E-state index contributed by atoms with van der Waals surface area (Å²) in [7, 11) is 3.00. The lowest BCUT2D eigenvalue weighted by Gasteiger charge is -2.11. The van der Waals surface area contributed by atoms with E-state index in [1.165, 1.54) is 7.11 Å². The first-order valence-electron chi connectivity index (χ1n) is 7.51. The van der Waals surface area contributed by atoms with E-state index in [9.17, 15) is 4.79 Å². The number of hydrogen-bond acceptors (Lipinski definition) is 5. The lowest BCUT2D eigenvalue weighted by Crippen LogP contribution is -2.02. The minimum absolute atomic E-state index is 0.369. The predicted octanol–water partition coefficient (Wildman–Crippen LogP) is 4.08. The highest BCUT2D eigenvalue weighted by molar-refractivity contribution is 5.91. The largest absolute Gasteiger partial charge is 0.497 e. The number of pyridine rings is 1. The number of carbonyl (C=O) groups excluding carboxylic acids is 1. The molecule has 0 fully saturated rings. The van der Waals surface area contributed by atoms with Crippen molar-refractivity contribution in [1.29, 1.82) is 0 Å². The lowest BCUT2D eigenvalue weighted by atomic mass is 10.1. The highest BCUT2D eigenvalue weighted by atomic mass is 16.5. The van der Waals surface area contributed by atoms with Gasteiger partial charge in [0.2, 0.25) is 0 Å². The molecule has 3 aromatic rings. The van der Waals surface area contributed by atoms with Crippen molar-refractivity contribution in [2.24, 2.45) is 0 Å². The summed E-state index contributed by atoms with van der Waals surface area (Å²) < 4.78 is 10.0. The molecule has 0 aliphatic heterocycles. The summed E-state index contributed by atoms with van der Waals surface area (Å²) in [6.45, 7) is 2.03. The Bertz CT molecular complexity index is 906. The molecule has 0 radical (unpaired) electrons. The van der Waals surface area contributed by atoms with E-state index in [4.69, 9.17) is 9.47 Å². The number of nitrogens with one attached hydrogen (secondary N) is 1. The van der Waals surface area contributed by atoms with E-state index in [-0.39, 0.29) is 5.97 Å². The van der Waals surface area contributed by atoms with Crippen molar-refractivity contribution in [2.45, 2.75) is 6.92 Å². The molecule has 1 N–H and O–H groups in total. The molecule has 3 rings (SSSR count). The van der Waals surface area contributed by atoms with Crippen molar-refractivity contribution in [1.82, 2.24) is 4.98 Å². The smallest absolute Gasteiger partial charge is 0.337 e. The van der Waals surface area contributed by atoms with Gasteiger partial charge in [-0.15, -0.1) is 0 Å². The average Bonchev–Trinajstić information content (AvgIpc) is 2.60. The van der Waals surface area contributed by atoms with Crippen LogP contribution in [-0.2, 0) is 4.74 Å². The summed E-state index contributed by atoms with van der Waals surface area (Å²) in [4.78, 5) is 16.3. The Morgan fingerprint density at radius 1 is 1.08 bits per heavy atom. The maximum atomic E-state index is 11.6. The topological polar surface area (TPSA) is 60.5 Å². The molecule has 5 nitrogen and oxygen atoms in total. The summed E-state index contributed by atoms with van der Waals surface area (Å²) in [5, 5.41) is 4.31. The third kappa shape index (κ3) is 3.15. The van der Waals surface area contributed by atoms with Gasteiger partial charge in [-0.05, 0) is 48.9 Å². The van der Waals surface area contributed by atoms with Crippen molar-refractivity contribution < 1.29 is 14.3 Å². The van der Waals surface area contributed by atoms with Crippen LogP contribution < -0.4 is 10.1 Å². The number of nitrogens with zero attached hydrogens (tertiary/aromatic N) is 1. The van der Waals surface area contributed by atoms with Crippen molar-refractivity contribution in [3.05, 3.63) is 59.7 Å². The molecular formula is C19H18N2O3. The second-order valence-corrected chi connectivity index (χ2v) is 5.40. The van der Waals surface area contributed by atoms with Crippen LogP contribution in [0.15, 0.2) is 48.5 Å². The van der Waals surface area contributed by atoms with Crippen molar-refractivity contribution in [3.8, 4) is 5.75 Å². The van der Waals surface area contributed by atoms with E-state index in [0.29, 0.717) is 11.4 Å². The van der Waals surface area contributed by atoms with Crippen LogP contribution >= 0.6 is 0 Å². The number of ether oxygens (including phenoxy) is 2. The number of aryl methyl sites for hydroxylation is 1. The van der Waals surface area contributed by atoms with E-state index in [0.717, 1.165) is 27.9 Å². The van der Waals surface area contributed by atoms with E-state index >= 15 is 0 Å². The number of anilines is 2. The van der Waals surface area contributed by atoms with Crippen LogP contribution in [0.4, 0.5) is 11.5 Å². The fourth-order valence-electron chi connectivity index (χ4n) is 2.56. The van der Waals surface area contributed by atoms with E-state index in [1.807, 2.05) is 37.3 Å². The van der Waals surface area contributed by atoms with Gasteiger partial charge in [0.25, 0.3) is 0 Å². The molecule has 0 aliphatic rings. The van der Waals surface area contributed by atoms with Gasteiger partial charge < -0.3 is 14.8 Å². The third-order valence-electron chi connectivity index (χ3n) is 3.78. The Hall–Kier alpha value is -3.08. The number of carbonyl (C=O) groups is 1.